The highest BCUT2D eigenvalue weighted by Gasteiger charge is 2.12. The molecule has 0 unspecified atom stereocenters. The van der Waals surface area contributed by atoms with Crippen LogP contribution in [0.5, 0.6) is 11.5 Å². The van der Waals surface area contributed by atoms with Crippen LogP contribution in [0.4, 0.5) is 0 Å². The van der Waals surface area contributed by atoms with E-state index in [0.29, 0.717) is 19.6 Å². The van der Waals surface area contributed by atoms with Crippen LogP contribution in [0.25, 0.3) is 0 Å². The van der Waals surface area contributed by atoms with Crippen molar-refractivity contribution in [1.82, 2.24) is 0 Å². The molecule has 16 heavy (non-hydrogen) atoms. The number of hydrogen-bond acceptors (Lipinski definition) is 3. The largest absolute Gasteiger partial charge is 0.490 e. The van der Waals surface area contributed by atoms with Crippen molar-refractivity contribution >= 4 is 6.29 Å². The Bertz CT molecular complexity index is 385. The van der Waals surface area contributed by atoms with Crippen molar-refractivity contribution in [3.8, 4) is 11.5 Å². The number of ether oxygens (including phenoxy) is 2. The SMILES string of the molecule is Cc1cc2c(cc1CCC=O)OCCCO2. The number of aryl methyl sites for hydroxylation is 2. The first-order valence-electron chi connectivity index (χ1n) is 5.64. The summed E-state index contributed by atoms with van der Waals surface area (Å²) in [6.45, 7) is 3.44. The summed E-state index contributed by atoms with van der Waals surface area (Å²) in [4.78, 5) is 10.4. The molecule has 2 rings (SSSR count). The van der Waals surface area contributed by atoms with Gasteiger partial charge in [0.2, 0.25) is 0 Å². The maximum Gasteiger partial charge on any atom is 0.161 e. The van der Waals surface area contributed by atoms with Gasteiger partial charge in [0.15, 0.2) is 11.5 Å². The van der Waals surface area contributed by atoms with E-state index in [1.807, 2.05) is 19.1 Å². The molecule has 0 bridgehead atoms. The maximum absolute atomic E-state index is 10.4. The van der Waals surface area contributed by atoms with Crippen LogP contribution in [-0.4, -0.2) is 19.5 Å². The second-order valence-corrected chi connectivity index (χ2v) is 3.98. The summed E-state index contributed by atoms with van der Waals surface area (Å²) in [5.74, 6) is 1.63. The molecule has 0 aliphatic carbocycles. The van der Waals surface area contributed by atoms with Gasteiger partial charge in [0.25, 0.3) is 0 Å². The number of hydrogen-bond donors (Lipinski definition) is 0. The van der Waals surface area contributed by atoms with Crippen molar-refractivity contribution in [2.24, 2.45) is 0 Å². The number of carbonyl (C=O) groups excluding carboxylic acids is 1. The molecular weight excluding hydrogens is 204 g/mol. The molecule has 1 aromatic rings. The summed E-state index contributed by atoms with van der Waals surface area (Å²) < 4.78 is 11.2. The van der Waals surface area contributed by atoms with Gasteiger partial charge >= 0.3 is 0 Å². The van der Waals surface area contributed by atoms with Gasteiger partial charge in [0.1, 0.15) is 6.29 Å². The first-order valence-corrected chi connectivity index (χ1v) is 5.64. The van der Waals surface area contributed by atoms with E-state index < -0.39 is 0 Å². The second-order valence-electron chi connectivity index (χ2n) is 3.98. The van der Waals surface area contributed by atoms with E-state index in [0.717, 1.165) is 41.8 Å². The van der Waals surface area contributed by atoms with Gasteiger partial charge in [0.05, 0.1) is 13.2 Å². The van der Waals surface area contributed by atoms with Gasteiger partial charge in [0, 0.05) is 12.8 Å². The first kappa shape index (κ1) is 11.0. The molecule has 3 heteroatoms. The molecule has 1 aliphatic rings. The van der Waals surface area contributed by atoms with Crippen molar-refractivity contribution in [2.75, 3.05) is 13.2 Å². The number of rotatable bonds is 3. The molecule has 0 aromatic heterocycles. The van der Waals surface area contributed by atoms with Gasteiger partial charge in [-0.05, 0) is 36.6 Å². The summed E-state index contributed by atoms with van der Waals surface area (Å²) in [5, 5.41) is 0. The maximum atomic E-state index is 10.4. The third kappa shape index (κ3) is 2.35. The Morgan fingerprint density at radius 1 is 1.25 bits per heavy atom. The molecule has 0 amide bonds. The van der Waals surface area contributed by atoms with E-state index in [1.54, 1.807) is 0 Å². The molecule has 1 aliphatic heterocycles. The van der Waals surface area contributed by atoms with Gasteiger partial charge in [-0.3, -0.25) is 0 Å². The minimum absolute atomic E-state index is 0.556. The van der Waals surface area contributed by atoms with E-state index >= 15 is 0 Å². The molecular formula is C13H16O3. The predicted molar refractivity (Wildman–Crippen MR) is 61.2 cm³/mol. The first-order chi connectivity index (χ1) is 7.81. The predicted octanol–water partition coefficient (Wildman–Crippen LogP) is 2.29. The topological polar surface area (TPSA) is 35.5 Å². The molecule has 86 valence electrons. The highest BCUT2D eigenvalue weighted by Crippen LogP contribution is 2.32. The Labute approximate surface area is 95.4 Å². The zero-order valence-electron chi connectivity index (χ0n) is 9.49. The fraction of sp³-hybridized carbons (Fsp3) is 0.462. The minimum Gasteiger partial charge on any atom is -0.490 e. The van der Waals surface area contributed by atoms with Gasteiger partial charge in [-0.2, -0.15) is 0 Å². The molecule has 0 spiro atoms. The molecule has 0 radical (unpaired) electrons. The van der Waals surface area contributed by atoms with Crippen LogP contribution >= 0.6 is 0 Å². The van der Waals surface area contributed by atoms with E-state index in [4.69, 9.17) is 9.47 Å². The second kappa shape index (κ2) is 5.01. The van der Waals surface area contributed by atoms with Crippen LogP contribution in [0.3, 0.4) is 0 Å². The van der Waals surface area contributed by atoms with Crippen LogP contribution in [-0.2, 0) is 11.2 Å². The number of carbonyl (C=O) groups is 1. The smallest absolute Gasteiger partial charge is 0.161 e. The Balaban J connectivity index is 2.27. The normalized spacial score (nSPS) is 14.3. The average Bonchev–Trinajstić information content (AvgIpc) is 2.50. The van der Waals surface area contributed by atoms with Crippen LogP contribution < -0.4 is 9.47 Å². The van der Waals surface area contributed by atoms with E-state index in [-0.39, 0.29) is 0 Å². The van der Waals surface area contributed by atoms with Crippen molar-refractivity contribution in [2.45, 2.75) is 26.2 Å². The van der Waals surface area contributed by atoms with Crippen LogP contribution in [0.1, 0.15) is 24.0 Å². The highest BCUT2D eigenvalue weighted by molar-refractivity contribution is 5.52. The zero-order valence-corrected chi connectivity index (χ0v) is 9.49. The fourth-order valence-corrected chi connectivity index (χ4v) is 1.84. The molecule has 0 N–H and O–H groups in total. The number of fused-ring (bicyclic) bond motifs is 1. The molecule has 0 saturated heterocycles. The lowest BCUT2D eigenvalue weighted by atomic mass is 10.0. The van der Waals surface area contributed by atoms with Crippen molar-refractivity contribution in [3.05, 3.63) is 23.3 Å². The van der Waals surface area contributed by atoms with Crippen molar-refractivity contribution < 1.29 is 14.3 Å². The van der Waals surface area contributed by atoms with Gasteiger partial charge in [-0.25, -0.2) is 0 Å². The lowest BCUT2D eigenvalue weighted by Crippen LogP contribution is -1.97. The summed E-state index contributed by atoms with van der Waals surface area (Å²) in [7, 11) is 0. The molecule has 0 atom stereocenters. The van der Waals surface area contributed by atoms with Gasteiger partial charge < -0.3 is 14.3 Å². The summed E-state index contributed by atoms with van der Waals surface area (Å²) in [6, 6.07) is 4.00. The zero-order chi connectivity index (χ0) is 11.4. The molecule has 1 heterocycles. The quantitative estimate of drug-likeness (QED) is 0.733. The Morgan fingerprint density at radius 2 is 1.94 bits per heavy atom. The lowest BCUT2D eigenvalue weighted by Gasteiger charge is -2.11. The van der Waals surface area contributed by atoms with E-state index in [2.05, 4.69) is 0 Å². The average molecular weight is 220 g/mol. The third-order valence-corrected chi connectivity index (χ3v) is 2.74. The van der Waals surface area contributed by atoms with Crippen LogP contribution in [0.2, 0.25) is 0 Å². The van der Waals surface area contributed by atoms with Gasteiger partial charge in [-0.15, -0.1) is 0 Å². The van der Waals surface area contributed by atoms with Gasteiger partial charge in [-0.1, -0.05) is 0 Å². The van der Waals surface area contributed by atoms with Crippen molar-refractivity contribution in [3.63, 3.8) is 0 Å². The Hall–Kier alpha value is -1.51. The highest BCUT2D eigenvalue weighted by atomic mass is 16.5. The van der Waals surface area contributed by atoms with E-state index in [1.165, 1.54) is 0 Å². The third-order valence-electron chi connectivity index (χ3n) is 2.74. The summed E-state index contributed by atoms with van der Waals surface area (Å²) in [6.07, 6.45) is 3.19. The number of aldehydes is 1. The van der Waals surface area contributed by atoms with Crippen LogP contribution in [0, 0.1) is 6.92 Å². The van der Waals surface area contributed by atoms with Crippen LogP contribution in [0.15, 0.2) is 12.1 Å². The van der Waals surface area contributed by atoms with Crippen molar-refractivity contribution in [1.29, 1.82) is 0 Å². The molecule has 1 aromatic carbocycles. The molecule has 0 saturated carbocycles. The summed E-state index contributed by atoms with van der Waals surface area (Å²) >= 11 is 0. The molecule has 0 fully saturated rings. The summed E-state index contributed by atoms with van der Waals surface area (Å²) in [5.41, 5.74) is 2.32. The number of benzene rings is 1. The fourth-order valence-electron chi connectivity index (χ4n) is 1.84. The monoisotopic (exact) mass is 220 g/mol. The molecule has 3 nitrogen and oxygen atoms in total. The van der Waals surface area contributed by atoms with E-state index in [9.17, 15) is 4.79 Å². The Kier molecular flexibility index (Phi) is 3.44. The standard InChI is InChI=1S/C13H16O3/c1-10-8-12-13(16-7-3-6-15-12)9-11(10)4-2-5-14/h5,8-9H,2-4,6-7H2,1H3. The Morgan fingerprint density at radius 3 is 2.62 bits per heavy atom. The minimum atomic E-state index is 0.556. The lowest BCUT2D eigenvalue weighted by molar-refractivity contribution is -0.107.